The van der Waals surface area contributed by atoms with Crippen molar-refractivity contribution in [1.82, 2.24) is 0 Å². The summed E-state index contributed by atoms with van der Waals surface area (Å²) in [7, 11) is 0. The van der Waals surface area contributed by atoms with Crippen molar-refractivity contribution in [2.45, 2.75) is 70.0 Å². The van der Waals surface area contributed by atoms with Gasteiger partial charge >= 0.3 is 5.97 Å². The van der Waals surface area contributed by atoms with Crippen LogP contribution >= 0.6 is 0 Å². The van der Waals surface area contributed by atoms with Gasteiger partial charge < -0.3 is 14.6 Å². The van der Waals surface area contributed by atoms with Crippen molar-refractivity contribution in [3.8, 4) is 0 Å². The van der Waals surface area contributed by atoms with E-state index in [1.54, 1.807) is 0 Å². The van der Waals surface area contributed by atoms with Gasteiger partial charge in [0.25, 0.3) is 0 Å². The summed E-state index contributed by atoms with van der Waals surface area (Å²) in [5.41, 5.74) is 0.280. The van der Waals surface area contributed by atoms with Crippen molar-refractivity contribution in [2.24, 2.45) is 5.92 Å². The average molecular weight is 296 g/mol. The van der Waals surface area contributed by atoms with Crippen LogP contribution in [0.3, 0.4) is 0 Å². The van der Waals surface area contributed by atoms with Crippen molar-refractivity contribution < 1.29 is 19.4 Å². The predicted molar refractivity (Wildman–Crippen MR) is 80.9 cm³/mol. The molecule has 2 fully saturated rings. The summed E-state index contributed by atoms with van der Waals surface area (Å²) in [5.74, 6) is -0.0951. The van der Waals surface area contributed by atoms with Gasteiger partial charge in [-0.2, -0.15) is 0 Å². The number of ether oxygens (including phenoxy) is 2. The predicted octanol–water partition coefficient (Wildman–Crippen LogP) is 2.99. The second-order valence-corrected chi connectivity index (χ2v) is 6.48. The largest absolute Gasteiger partial charge is 0.462 e. The number of carbonyl (C=O) groups excluding carboxylic acids is 1. The summed E-state index contributed by atoms with van der Waals surface area (Å²) >= 11 is 0. The smallest absolute Gasteiger partial charge is 0.335 e. The van der Waals surface area contributed by atoms with Gasteiger partial charge in [-0.25, -0.2) is 4.79 Å². The lowest BCUT2D eigenvalue weighted by Gasteiger charge is -2.24. The molecule has 0 aromatic rings. The SMILES string of the molecule is C=C(CO)C(=O)OCC1CCC2(CCCCCC)OC2C1. The van der Waals surface area contributed by atoms with E-state index in [-0.39, 0.29) is 17.8 Å². The molecule has 0 aromatic heterocycles. The van der Waals surface area contributed by atoms with Gasteiger partial charge in [0, 0.05) is 0 Å². The fourth-order valence-corrected chi connectivity index (χ4v) is 3.31. The molecule has 1 N–H and O–H groups in total. The zero-order valence-corrected chi connectivity index (χ0v) is 13.1. The summed E-state index contributed by atoms with van der Waals surface area (Å²) in [6.45, 7) is 5.78. The zero-order valence-electron chi connectivity index (χ0n) is 13.1. The third-order valence-electron chi connectivity index (χ3n) is 4.81. The second kappa shape index (κ2) is 7.41. The van der Waals surface area contributed by atoms with Crippen LogP contribution in [-0.4, -0.2) is 36.0 Å². The minimum absolute atomic E-state index is 0.124. The number of hydrogen-bond donors (Lipinski definition) is 1. The van der Waals surface area contributed by atoms with E-state index in [2.05, 4.69) is 13.5 Å². The third-order valence-corrected chi connectivity index (χ3v) is 4.81. The highest BCUT2D eigenvalue weighted by molar-refractivity contribution is 5.87. The van der Waals surface area contributed by atoms with Crippen molar-refractivity contribution in [1.29, 1.82) is 0 Å². The van der Waals surface area contributed by atoms with Crippen molar-refractivity contribution in [2.75, 3.05) is 13.2 Å². The van der Waals surface area contributed by atoms with E-state index in [0.29, 0.717) is 18.6 Å². The maximum absolute atomic E-state index is 11.5. The fraction of sp³-hybridized carbons (Fsp3) is 0.824. The molecule has 3 unspecified atom stereocenters. The highest BCUT2D eigenvalue weighted by atomic mass is 16.6. The van der Waals surface area contributed by atoms with Crippen LogP contribution in [0.5, 0.6) is 0 Å². The molecule has 120 valence electrons. The second-order valence-electron chi connectivity index (χ2n) is 6.48. The number of esters is 1. The zero-order chi connectivity index (χ0) is 15.3. The molecule has 2 aliphatic rings. The summed E-state index contributed by atoms with van der Waals surface area (Å²) in [6, 6.07) is 0. The van der Waals surface area contributed by atoms with Crippen LogP contribution in [-0.2, 0) is 14.3 Å². The topological polar surface area (TPSA) is 59.1 Å². The van der Waals surface area contributed by atoms with Crippen LogP contribution in [0.15, 0.2) is 12.2 Å². The van der Waals surface area contributed by atoms with Gasteiger partial charge in [-0.1, -0.05) is 39.2 Å². The first-order valence-corrected chi connectivity index (χ1v) is 8.25. The normalized spacial score (nSPS) is 30.6. The van der Waals surface area contributed by atoms with E-state index < -0.39 is 5.97 Å². The molecule has 2 rings (SSSR count). The average Bonchev–Trinajstić information content (AvgIpc) is 3.22. The lowest BCUT2D eigenvalue weighted by molar-refractivity contribution is -0.141. The Kier molecular flexibility index (Phi) is 5.82. The molecule has 0 radical (unpaired) electrons. The molecule has 1 saturated heterocycles. The number of carbonyl (C=O) groups is 1. The molecule has 1 aliphatic heterocycles. The fourth-order valence-electron chi connectivity index (χ4n) is 3.31. The molecule has 21 heavy (non-hydrogen) atoms. The first-order chi connectivity index (χ1) is 10.1. The van der Waals surface area contributed by atoms with Gasteiger partial charge in [-0.3, -0.25) is 0 Å². The maximum Gasteiger partial charge on any atom is 0.335 e. The van der Waals surface area contributed by atoms with E-state index >= 15 is 0 Å². The number of aliphatic hydroxyl groups excluding tert-OH is 1. The van der Waals surface area contributed by atoms with Gasteiger partial charge in [0.15, 0.2) is 0 Å². The Morgan fingerprint density at radius 1 is 1.43 bits per heavy atom. The number of hydrogen-bond acceptors (Lipinski definition) is 4. The van der Waals surface area contributed by atoms with Crippen molar-refractivity contribution in [3.05, 3.63) is 12.2 Å². The molecule has 0 aromatic carbocycles. The minimum atomic E-state index is -0.481. The van der Waals surface area contributed by atoms with E-state index in [0.717, 1.165) is 19.3 Å². The van der Waals surface area contributed by atoms with Crippen LogP contribution < -0.4 is 0 Å². The summed E-state index contributed by atoms with van der Waals surface area (Å²) in [5, 5.41) is 8.82. The monoisotopic (exact) mass is 296 g/mol. The Hall–Kier alpha value is -0.870. The number of fused-ring (bicyclic) bond motifs is 1. The van der Waals surface area contributed by atoms with Crippen LogP contribution in [0.25, 0.3) is 0 Å². The molecular formula is C17H28O4. The highest BCUT2D eigenvalue weighted by Crippen LogP contribution is 2.52. The maximum atomic E-state index is 11.5. The highest BCUT2D eigenvalue weighted by Gasteiger charge is 2.58. The van der Waals surface area contributed by atoms with Gasteiger partial charge in [-0.05, 0) is 31.6 Å². The van der Waals surface area contributed by atoms with Crippen LogP contribution in [0.1, 0.15) is 58.3 Å². The van der Waals surface area contributed by atoms with Crippen LogP contribution in [0.2, 0.25) is 0 Å². The third kappa shape index (κ3) is 4.30. The molecule has 3 atom stereocenters. The number of aliphatic hydroxyl groups is 1. The van der Waals surface area contributed by atoms with Gasteiger partial charge in [0.1, 0.15) is 0 Å². The Labute approximate surface area is 127 Å². The lowest BCUT2D eigenvalue weighted by Crippen LogP contribution is -2.27. The summed E-state index contributed by atoms with van der Waals surface area (Å²) in [6.07, 6.45) is 9.85. The van der Waals surface area contributed by atoms with E-state index in [9.17, 15) is 4.79 Å². The van der Waals surface area contributed by atoms with Crippen molar-refractivity contribution >= 4 is 5.97 Å². The molecule has 1 heterocycles. The Morgan fingerprint density at radius 2 is 2.24 bits per heavy atom. The van der Waals surface area contributed by atoms with Crippen LogP contribution in [0.4, 0.5) is 0 Å². The van der Waals surface area contributed by atoms with E-state index in [4.69, 9.17) is 14.6 Å². The van der Waals surface area contributed by atoms with Gasteiger partial charge in [-0.15, -0.1) is 0 Å². The molecule has 0 amide bonds. The summed E-state index contributed by atoms with van der Waals surface area (Å²) < 4.78 is 11.1. The van der Waals surface area contributed by atoms with E-state index in [1.165, 1.54) is 32.1 Å². The first-order valence-electron chi connectivity index (χ1n) is 8.25. The van der Waals surface area contributed by atoms with Gasteiger partial charge in [0.2, 0.25) is 0 Å². The van der Waals surface area contributed by atoms with Crippen molar-refractivity contribution in [3.63, 3.8) is 0 Å². The lowest BCUT2D eigenvalue weighted by atomic mass is 9.80. The Morgan fingerprint density at radius 3 is 2.90 bits per heavy atom. The van der Waals surface area contributed by atoms with Gasteiger partial charge in [0.05, 0.1) is 30.5 Å². The number of unbranched alkanes of at least 4 members (excludes halogenated alkanes) is 3. The minimum Gasteiger partial charge on any atom is -0.462 e. The molecule has 0 spiro atoms. The molecule has 1 aliphatic carbocycles. The molecule has 4 nitrogen and oxygen atoms in total. The quantitative estimate of drug-likeness (QED) is 0.307. The number of rotatable bonds is 9. The Balaban J connectivity index is 1.65. The Bertz CT molecular complexity index is 379. The molecule has 0 bridgehead atoms. The molecule has 1 saturated carbocycles. The van der Waals surface area contributed by atoms with Crippen LogP contribution in [0, 0.1) is 5.92 Å². The molecule has 4 heteroatoms. The molecular weight excluding hydrogens is 268 g/mol. The van der Waals surface area contributed by atoms with E-state index in [1.807, 2.05) is 0 Å². The standard InChI is InChI=1S/C17H28O4/c1-3-4-5-6-8-17-9-7-14(10-15(17)21-17)12-20-16(19)13(2)11-18/h14-15,18H,2-12H2,1H3. The summed E-state index contributed by atoms with van der Waals surface area (Å²) in [4.78, 5) is 11.5. The first kappa shape index (κ1) is 16.5. The number of epoxide rings is 1.